The fourth-order valence-electron chi connectivity index (χ4n) is 1.30. The van der Waals surface area contributed by atoms with E-state index in [2.05, 4.69) is 26.0 Å². The minimum atomic E-state index is -0.584. The Bertz CT molecular complexity index is 389. The van der Waals surface area contributed by atoms with Crippen LogP contribution >= 0.6 is 15.9 Å². The Morgan fingerprint density at radius 3 is 2.82 bits per heavy atom. The molecule has 4 nitrogen and oxygen atoms in total. The second-order valence-electron chi connectivity index (χ2n) is 3.31. The van der Waals surface area contributed by atoms with Crippen LogP contribution in [0.25, 0.3) is 0 Å². The minimum Gasteiger partial charge on any atom is -0.465 e. The maximum Gasteiger partial charge on any atom is 0.337 e. The molecule has 1 aromatic carbocycles. The molecule has 0 saturated heterocycles. The van der Waals surface area contributed by atoms with Crippen LogP contribution in [0, 0.1) is 5.82 Å². The summed E-state index contributed by atoms with van der Waals surface area (Å²) < 4.78 is 18.7. The number of esters is 1. The Morgan fingerprint density at radius 2 is 2.29 bits per heavy atom. The number of methoxy groups -OCH3 is 1. The highest BCUT2D eigenvalue weighted by Crippen LogP contribution is 2.22. The van der Waals surface area contributed by atoms with Crippen molar-refractivity contribution in [3.63, 3.8) is 0 Å². The van der Waals surface area contributed by atoms with Gasteiger partial charge in [0, 0.05) is 23.1 Å². The Balaban J connectivity index is 2.90. The van der Waals surface area contributed by atoms with Crippen LogP contribution in [-0.4, -0.2) is 31.3 Å². The van der Waals surface area contributed by atoms with Gasteiger partial charge in [-0.2, -0.15) is 0 Å². The Morgan fingerprint density at radius 1 is 1.59 bits per heavy atom. The van der Waals surface area contributed by atoms with Crippen LogP contribution in [0.4, 0.5) is 4.39 Å². The van der Waals surface area contributed by atoms with E-state index in [1.54, 1.807) is 0 Å². The molecule has 0 amide bonds. The van der Waals surface area contributed by atoms with Crippen LogP contribution in [0.15, 0.2) is 16.6 Å². The lowest BCUT2D eigenvalue weighted by Gasteiger charge is -2.09. The lowest BCUT2D eigenvalue weighted by molar-refractivity contribution is 0.0600. The van der Waals surface area contributed by atoms with Gasteiger partial charge in [0.15, 0.2) is 0 Å². The first-order chi connectivity index (χ1) is 8.10. The van der Waals surface area contributed by atoms with Crippen LogP contribution < -0.4 is 5.32 Å². The fraction of sp³-hybridized carbons (Fsp3) is 0.364. The summed E-state index contributed by atoms with van der Waals surface area (Å²) in [5, 5.41) is 11.5. The van der Waals surface area contributed by atoms with Crippen LogP contribution in [0.3, 0.4) is 0 Å². The predicted molar refractivity (Wildman–Crippen MR) is 64.2 cm³/mol. The van der Waals surface area contributed by atoms with Gasteiger partial charge in [0.25, 0.3) is 0 Å². The van der Waals surface area contributed by atoms with Crippen molar-refractivity contribution in [2.75, 3.05) is 20.3 Å². The van der Waals surface area contributed by atoms with E-state index in [1.165, 1.54) is 13.2 Å². The molecule has 1 rings (SSSR count). The molecule has 0 atom stereocenters. The summed E-state index contributed by atoms with van der Waals surface area (Å²) in [7, 11) is 1.24. The topological polar surface area (TPSA) is 58.6 Å². The number of ether oxygens (including phenoxy) is 1. The number of hydrogen-bond donors (Lipinski definition) is 2. The van der Waals surface area contributed by atoms with Crippen LogP contribution in [0.1, 0.15) is 15.9 Å². The lowest BCUT2D eigenvalue weighted by atomic mass is 10.1. The Hall–Kier alpha value is -0.980. The smallest absolute Gasteiger partial charge is 0.337 e. The molecule has 0 saturated carbocycles. The van der Waals surface area contributed by atoms with Crippen LogP contribution in [0.5, 0.6) is 0 Å². The number of nitrogens with one attached hydrogen (secondary N) is 1. The average molecular weight is 306 g/mol. The van der Waals surface area contributed by atoms with E-state index in [0.29, 0.717) is 16.6 Å². The molecule has 0 aromatic heterocycles. The minimum absolute atomic E-state index is 0.0144. The summed E-state index contributed by atoms with van der Waals surface area (Å²) in [6.07, 6.45) is 0. The van der Waals surface area contributed by atoms with Crippen molar-refractivity contribution < 1.29 is 19.0 Å². The van der Waals surface area contributed by atoms with Gasteiger partial charge in [-0.05, 0) is 12.1 Å². The highest BCUT2D eigenvalue weighted by molar-refractivity contribution is 9.10. The molecule has 0 bridgehead atoms. The summed E-state index contributed by atoms with van der Waals surface area (Å²) in [6, 6.07) is 2.64. The molecule has 0 radical (unpaired) electrons. The molecule has 0 aliphatic heterocycles. The summed E-state index contributed by atoms with van der Waals surface area (Å²) in [4.78, 5) is 11.2. The zero-order valence-electron chi connectivity index (χ0n) is 9.30. The number of benzene rings is 1. The maximum atomic E-state index is 13.7. The summed E-state index contributed by atoms with van der Waals surface area (Å²) in [5.74, 6) is -1.08. The molecular formula is C11H13BrFNO3. The summed E-state index contributed by atoms with van der Waals surface area (Å²) >= 11 is 3.20. The molecule has 1 aromatic rings. The first-order valence-corrected chi connectivity index (χ1v) is 5.77. The van der Waals surface area contributed by atoms with Crippen molar-refractivity contribution in [2.45, 2.75) is 6.54 Å². The monoisotopic (exact) mass is 305 g/mol. The van der Waals surface area contributed by atoms with Crippen molar-refractivity contribution in [1.82, 2.24) is 5.32 Å². The van der Waals surface area contributed by atoms with E-state index < -0.39 is 11.8 Å². The number of aliphatic hydroxyl groups excluding tert-OH is 1. The highest BCUT2D eigenvalue weighted by atomic mass is 79.9. The van der Waals surface area contributed by atoms with E-state index in [-0.39, 0.29) is 18.7 Å². The molecule has 0 unspecified atom stereocenters. The molecule has 94 valence electrons. The number of aliphatic hydroxyl groups is 1. The van der Waals surface area contributed by atoms with Gasteiger partial charge in [-0.15, -0.1) is 0 Å². The van der Waals surface area contributed by atoms with Crippen LogP contribution in [-0.2, 0) is 11.3 Å². The quantitative estimate of drug-likeness (QED) is 0.639. The van der Waals surface area contributed by atoms with E-state index in [0.717, 1.165) is 6.07 Å². The number of carbonyl (C=O) groups excluding carboxylic acids is 1. The van der Waals surface area contributed by atoms with Gasteiger partial charge < -0.3 is 15.2 Å². The van der Waals surface area contributed by atoms with Gasteiger partial charge in [0.1, 0.15) is 5.82 Å². The first-order valence-electron chi connectivity index (χ1n) is 4.98. The fourth-order valence-corrected chi connectivity index (χ4v) is 1.88. The second-order valence-corrected chi connectivity index (χ2v) is 4.16. The molecule has 0 spiro atoms. The van der Waals surface area contributed by atoms with Gasteiger partial charge in [-0.3, -0.25) is 0 Å². The van der Waals surface area contributed by atoms with Crippen molar-refractivity contribution in [1.29, 1.82) is 0 Å². The third-order valence-electron chi connectivity index (χ3n) is 2.15. The van der Waals surface area contributed by atoms with Crippen molar-refractivity contribution >= 4 is 21.9 Å². The molecule has 2 N–H and O–H groups in total. The molecular weight excluding hydrogens is 293 g/mol. The van der Waals surface area contributed by atoms with E-state index in [1.807, 2.05) is 0 Å². The van der Waals surface area contributed by atoms with Gasteiger partial charge in [0.05, 0.1) is 19.3 Å². The van der Waals surface area contributed by atoms with Gasteiger partial charge in [-0.1, -0.05) is 15.9 Å². The normalized spacial score (nSPS) is 10.4. The molecule has 0 aliphatic carbocycles. The standard InChI is InChI=1S/C11H13BrFNO3/c1-17-11(16)7-4-9(12)8(10(13)5-7)6-14-2-3-15/h4-5,14-15H,2-3,6H2,1H3. The lowest BCUT2D eigenvalue weighted by Crippen LogP contribution is -2.19. The summed E-state index contributed by atoms with van der Waals surface area (Å²) in [6.45, 7) is 0.637. The maximum absolute atomic E-state index is 13.7. The van der Waals surface area contributed by atoms with E-state index in [9.17, 15) is 9.18 Å². The van der Waals surface area contributed by atoms with Crippen molar-refractivity contribution in [3.8, 4) is 0 Å². The molecule has 0 fully saturated rings. The zero-order chi connectivity index (χ0) is 12.8. The van der Waals surface area contributed by atoms with Gasteiger partial charge >= 0.3 is 5.97 Å². The largest absolute Gasteiger partial charge is 0.465 e. The third kappa shape index (κ3) is 3.76. The van der Waals surface area contributed by atoms with Gasteiger partial charge in [0.2, 0.25) is 0 Å². The first kappa shape index (κ1) is 14.1. The Kier molecular flexibility index (Phi) is 5.54. The molecule has 6 heteroatoms. The van der Waals surface area contributed by atoms with Crippen LogP contribution in [0.2, 0.25) is 0 Å². The number of carbonyl (C=O) groups is 1. The van der Waals surface area contributed by atoms with Crippen molar-refractivity contribution in [3.05, 3.63) is 33.5 Å². The molecule has 0 heterocycles. The number of hydrogen-bond acceptors (Lipinski definition) is 4. The second kappa shape index (κ2) is 6.68. The number of rotatable bonds is 5. The SMILES string of the molecule is COC(=O)c1cc(F)c(CNCCO)c(Br)c1. The predicted octanol–water partition coefficient (Wildman–Crippen LogP) is 1.46. The summed E-state index contributed by atoms with van der Waals surface area (Å²) in [5.41, 5.74) is 0.564. The third-order valence-corrected chi connectivity index (χ3v) is 2.86. The highest BCUT2D eigenvalue weighted by Gasteiger charge is 2.13. The zero-order valence-corrected chi connectivity index (χ0v) is 10.9. The number of halogens is 2. The Labute approximate surface area is 107 Å². The van der Waals surface area contributed by atoms with E-state index >= 15 is 0 Å². The average Bonchev–Trinajstić information content (AvgIpc) is 2.31. The van der Waals surface area contributed by atoms with E-state index in [4.69, 9.17) is 5.11 Å². The van der Waals surface area contributed by atoms with Crippen molar-refractivity contribution in [2.24, 2.45) is 0 Å². The molecule has 17 heavy (non-hydrogen) atoms. The molecule has 0 aliphatic rings. The van der Waals surface area contributed by atoms with Gasteiger partial charge in [-0.25, -0.2) is 9.18 Å².